The van der Waals surface area contributed by atoms with Crippen LogP contribution in [0.2, 0.25) is 6.04 Å². The van der Waals surface area contributed by atoms with Gasteiger partial charge in [0.15, 0.2) is 0 Å². The fourth-order valence-corrected chi connectivity index (χ4v) is 2.73. The lowest BCUT2D eigenvalue weighted by molar-refractivity contribution is 0.123. The van der Waals surface area contributed by atoms with Crippen LogP contribution in [0, 0.1) is 5.41 Å². The molecule has 5 heteroatoms. The van der Waals surface area contributed by atoms with Crippen molar-refractivity contribution in [2.75, 3.05) is 21.3 Å². The molecule has 0 amide bonds. The second-order valence-corrected chi connectivity index (χ2v) is 6.13. The Morgan fingerprint density at radius 3 is 1.53 bits per heavy atom. The van der Waals surface area contributed by atoms with E-state index in [0.717, 1.165) is 25.3 Å². The molecule has 1 N–H and O–H groups in total. The van der Waals surface area contributed by atoms with E-state index in [4.69, 9.17) is 18.7 Å². The fraction of sp³-hybridized carbons (Fsp3) is 0.900. The van der Waals surface area contributed by atoms with E-state index in [-0.39, 0.29) is 0 Å². The smallest absolute Gasteiger partial charge is 0.377 e. The first kappa shape index (κ1) is 17.2. The van der Waals surface area contributed by atoms with Crippen LogP contribution < -0.4 is 0 Å². The van der Waals surface area contributed by atoms with Gasteiger partial charge in [0.05, 0.1) is 0 Å². The highest BCUT2D eigenvalue weighted by atomic mass is 28.4. The molecule has 4 nitrogen and oxygen atoms in total. The van der Waals surface area contributed by atoms with E-state index >= 15 is 0 Å². The Balaban J connectivity index is 0. The molecule has 0 spiro atoms. The predicted molar refractivity (Wildman–Crippen MR) is 65.6 cm³/mol. The lowest BCUT2D eigenvalue weighted by Crippen LogP contribution is -2.42. The average molecular weight is 235 g/mol. The quantitative estimate of drug-likeness (QED) is 0.545. The van der Waals surface area contributed by atoms with E-state index in [1.165, 1.54) is 6.21 Å². The zero-order chi connectivity index (χ0) is 12.2. The molecule has 0 radical (unpaired) electrons. The molecule has 0 rings (SSSR count). The summed E-state index contributed by atoms with van der Waals surface area (Å²) in [6, 6.07) is 0.885. The first-order chi connectivity index (χ1) is 7.16. The molecule has 0 aliphatic carbocycles. The normalized spacial score (nSPS) is 10.5. The van der Waals surface area contributed by atoms with Crippen molar-refractivity contribution in [3.05, 3.63) is 0 Å². The number of rotatable bonds is 7. The van der Waals surface area contributed by atoms with Gasteiger partial charge in [0, 0.05) is 27.4 Å². The van der Waals surface area contributed by atoms with Crippen molar-refractivity contribution in [1.29, 1.82) is 5.41 Å². The van der Waals surface area contributed by atoms with E-state index < -0.39 is 8.80 Å². The molecule has 0 atom stereocenters. The number of hydrogen-bond donors (Lipinski definition) is 1. The number of unbranched alkanes of at least 4 members (excludes halogenated alkanes) is 1. The molecule has 0 fully saturated rings. The van der Waals surface area contributed by atoms with Gasteiger partial charge in [0.25, 0.3) is 0 Å². The van der Waals surface area contributed by atoms with Crippen LogP contribution in [0.15, 0.2) is 0 Å². The minimum atomic E-state index is -2.22. The molecule has 15 heavy (non-hydrogen) atoms. The highest BCUT2D eigenvalue weighted by molar-refractivity contribution is 6.60. The highest BCUT2D eigenvalue weighted by Crippen LogP contribution is 2.13. The molecule has 0 aromatic carbocycles. The molecule has 0 saturated carbocycles. The summed E-state index contributed by atoms with van der Waals surface area (Å²) in [5.74, 6) is 0. The van der Waals surface area contributed by atoms with Crippen LogP contribution >= 0.6 is 0 Å². The Labute approximate surface area is 94.8 Å². The highest BCUT2D eigenvalue weighted by Gasteiger charge is 2.36. The van der Waals surface area contributed by atoms with Crippen LogP contribution in [0.3, 0.4) is 0 Å². The van der Waals surface area contributed by atoms with E-state index in [1.54, 1.807) is 21.3 Å². The Hall–Kier alpha value is -0.233. The largest absolute Gasteiger partial charge is 0.500 e. The maximum absolute atomic E-state index is 6.48. The summed E-state index contributed by atoms with van der Waals surface area (Å²) in [5, 5.41) is 6.48. The minimum Gasteiger partial charge on any atom is -0.377 e. The molecule has 0 saturated heterocycles. The van der Waals surface area contributed by atoms with Crippen molar-refractivity contribution in [1.82, 2.24) is 0 Å². The van der Waals surface area contributed by atoms with E-state index in [0.29, 0.717) is 0 Å². The lowest BCUT2D eigenvalue weighted by atomic mass is 10.4. The molecule has 0 aromatic rings. The molecule has 0 heterocycles. The fourth-order valence-electron chi connectivity index (χ4n) is 1.01. The summed E-state index contributed by atoms with van der Waals surface area (Å²) in [7, 11) is 2.68. The Kier molecular flexibility index (Phi) is 13.6. The summed E-state index contributed by atoms with van der Waals surface area (Å²) in [4.78, 5) is 0. The molecule has 92 valence electrons. The second kappa shape index (κ2) is 11.8. The van der Waals surface area contributed by atoms with Crippen LogP contribution in [0.25, 0.3) is 0 Å². The van der Waals surface area contributed by atoms with Crippen LogP contribution in [-0.2, 0) is 13.3 Å². The van der Waals surface area contributed by atoms with Crippen LogP contribution in [0.5, 0.6) is 0 Å². The van der Waals surface area contributed by atoms with Gasteiger partial charge in [0.1, 0.15) is 0 Å². The van der Waals surface area contributed by atoms with Gasteiger partial charge in [-0.3, -0.25) is 0 Å². The third-order valence-electron chi connectivity index (χ3n) is 1.92. The van der Waals surface area contributed by atoms with E-state index in [9.17, 15) is 0 Å². The summed E-state index contributed by atoms with van der Waals surface area (Å²) >= 11 is 0. The zero-order valence-corrected chi connectivity index (χ0v) is 11.6. The summed E-state index contributed by atoms with van der Waals surface area (Å²) in [5.41, 5.74) is 0. The lowest BCUT2D eigenvalue weighted by Gasteiger charge is -2.23. The van der Waals surface area contributed by atoms with Gasteiger partial charge in [-0.1, -0.05) is 26.7 Å². The van der Waals surface area contributed by atoms with Gasteiger partial charge in [-0.15, -0.1) is 0 Å². The molecular formula is C10H25NO3Si. The maximum Gasteiger partial charge on any atom is 0.500 e. The van der Waals surface area contributed by atoms with Crippen molar-refractivity contribution in [2.45, 2.75) is 39.2 Å². The topological polar surface area (TPSA) is 51.5 Å². The Bertz CT molecular complexity index is 132. The summed E-state index contributed by atoms with van der Waals surface area (Å²) in [6.07, 6.45) is 4.49. The first-order valence-electron chi connectivity index (χ1n) is 5.30. The second-order valence-electron chi connectivity index (χ2n) is 3.04. The first-order valence-corrected chi connectivity index (χ1v) is 7.23. The molecule has 0 bridgehead atoms. The van der Waals surface area contributed by atoms with E-state index in [1.807, 2.05) is 0 Å². The van der Waals surface area contributed by atoms with Crippen LogP contribution in [-0.4, -0.2) is 36.3 Å². The van der Waals surface area contributed by atoms with Crippen molar-refractivity contribution in [3.8, 4) is 0 Å². The van der Waals surface area contributed by atoms with E-state index in [2.05, 4.69) is 13.8 Å². The molecular weight excluding hydrogens is 210 g/mol. The van der Waals surface area contributed by atoms with Gasteiger partial charge in [-0.05, 0) is 12.6 Å². The third-order valence-corrected chi connectivity index (χ3v) is 4.90. The van der Waals surface area contributed by atoms with Crippen molar-refractivity contribution >= 4 is 15.0 Å². The Morgan fingerprint density at radius 2 is 1.47 bits per heavy atom. The van der Waals surface area contributed by atoms with Gasteiger partial charge in [-0.2, -0.15) is 0 Å². The van der Waals surface area contributed by atoms with Crippen molar-refractivity contribution in [2.24, 2.45) is 0 Å². The number of hydrogen-bond acceptors (Lipinski definition) is 4. The maximum atomic E-state index is 6.48. The van der Waals surface area contributed by atoms with Crippen molar-refractivity contribution in [3.63, 3.8) is 0 Å². The average Bonchev–Trinajstić information content (AvgIpc) is 2.28. The summed E-state index contributed by atoms with van der Waals surface area (Å²) in [6.45, 7) is 4.14. The minimum absolute atomic E-state index is 0.885. The third kappa shape index (κ3) is 8.74. The van der Waals surface area contributed by atoms with Gasteiger partial charge < -0.3 is 18.7 Å². The monoisotopic (exact) mass is 235 g/mol. The molecule has 0 unspecified atom stereocenters. The van der Waals surface area contributed by atoms with Crippen LogP contribution in [0.4, 0.5) is 0 Å². The Morgan fingerprint density at radius 1 is 1.00 bits per heavy atom. The van der Waals surface area contributed by atoms with Gasteiger partial charge >= 0.3 is 8.80 Å². The summed E-state index contributed by atoms with van der Waals surface area (Å²) < 4.78 is 15.5. The van der Waals surface area contributed by atoms with Crippen LogP contribution in [0.1, 0.15) is 33.1 Å². The SMILES string of the molecule is CCCC=N.CCC[Si](OC)(OC)OC. The molecule has 0 aromatic heterocycles. The number of nitrogens with one attached hydrogen (secondary N) is 1. The zero-order valence-electron chi connectivity index (χ0n) is 10.6. The van der Waals surface area contributed by atoms with Gasteiger partial charge in [0.2, 0.25) is 0 Å². The standard InChI is InChI=1S/C6H16O3Si.C4H9N/c1-5-6-10(7-2,8-3)9-4;1-2-3-4-5/h5-6H2,1-4H3;4-5H,2-3H2,1H3. The predicted octanol–water partition coefficient (Wildman–Crippen LogP) is 2.71. The van der Waals surface area contributed by atoms with Gasteiger partial charge in [-0.25, -0.2) is 0 Å². The molecule has 0 aliphatic heterocycles. The van der Waals surface area contributed by atoms with Crippen molar-refractivity contribution < 1.29 is 13.3 Å². The molecule has 0 aliphatic rings.